The van der Waals surface area contributed by atoms with Gasteiger partial charge in [-0.1, -0.05) is 30.7 Å². The van der Waals surface area contributed by atoms with Crippen molar-refractivity contribution in [1.82, 2.24) is 25.3 Å². The summed E-state index contributed by atoms with van der Waals surface area (Å²) in [7, 11) is 3.52. The van der Waals surface area contributed by atoms with Crippen molar-refractivity contribution in [2.75, 3.05) is 73.1 Å². The van der Waals surface area contributed by atoms with Gasteiger partial charge in [-0.05, 0) is 37.1 Å². The molecule has 0 aromatic heterocycles. The molecule has 0 radical (unpaired) electrons. The number of nitrogens with zero attached hydrogens (tertiary/aromatic N) is 4. The molecule has 9 heteroatoms. The molecule has 2 aliphatic rings. The highest BCUT2D eigenvalue weighted by Crippen LogP contribution is 2.14. The number of nitrogens with one attached hydrogen (secondary N) is 2. The topological polar surface area (TPSA) is 72.4 Å². The first kappa shape index (κ1) is 27.8. The number of aliphatic imine (C=N–C) groups is 1. The standard InChI is InChI=1S/C24H40N6O2.HI/c1-28(2)23(31)19-27-24(25-10-13-29-14-16-32-17-15-29)26-18-21-6-8-22(9-7-21)20-30-11-4-3-5-12-30;/h6-9H,3-5,10-20H2,1-2H3,(H2,25,26,27);1H. The predicted molar refractivity (Wildman–Crippen MR) is 144 cm³/mol. The molecule has 1 amide bonds. The maximum atomic E-state index is 12.0. The number of likely N-dealkylation sites (tertiary alicyclic amines) is 1. The number of hydrogen-bond acceptors (Lipinski definition) is 5. The summed E-state index contributed by atoms with van der Waals surface area (Å²) in [6, 6.07) is 8.76. The van der Waals surface area contributed by atoms with E-state index in [0.29, 0.717) is 12.5 Å². The molecule has 0 saturated carbocycles. The van der Waals surface area contributed by atoms with Crippen LogP contribution in [-0.4, -0.2) is 99.7 Å². The SMILES string of the molecule is CN(C)C(=O)CNC(=NCc1ccc(CN2CCCCC2)cc1)NCCN1CCOCC1.I. The van der Waals surface area contributed by atoms with Crippen LogP contribution in [0.25, 0.3) is 0 Å². The number of hydrogen-bond donors (Lipinski definition) is 2. The van der Waals surface area contributed by atoms with Crippen LogP contribution in [0.1, 0.15) is 30.4 Å². The van der Waals surface area contributed by atoms with E-state index in [9.17, 15) is 4.79 Å². The molecule has 1 aromatic carbocycles. The number of carbonyl (C=O) groups excluding carboxylic acids is 1. The number of carbonyl (C=O) groups is 1. The number of halogens is 1. The second-order valence-corrected chi connectivity index (χ2v) is 8.84. The van der Waals surface area contributed by atoms with Gasteiger partial charge in [0.15, 0.2) is 5.96 Å². The van der Waals surface area contributed by atoms with Crippen LogP contribution in [0.15, 0.2) is 29.3 Å². The molecule has 2 heterocycles. The number of guanidine groups is 1. The van der Waals surface area contributed by atoms with Crippen LogP contribution in [0.5, 0.6) is 0 Å². The fraction of sp³-hybridized carbons (Fsp3) is 0.667. The summed E-state index contributed by atoms with van der Waals surface area (Å²) < 4.78 is 5.41. The number of piperidine rings is 1. The van der Waals surface area contributed by atoms with Crippen LogP contribution in [0.4, 0.5) is 0 Å². The Morgan fingerprint density at radius 2 is 1.64 bits per heavy atom. The van der Waals surface area contributed by atoms with Gasteiger partial charge in [0, 0.05) is 46.8 Å². The number of morpholine rings is 1. The van der Waals surface area contributed by atoms with Gasteiger partial charge < -0.3 is 20.3 Å². The van der Waals surface area contributed by atoms with E-state index in [1.54, 1.807) is 19.0 Å². The van der Waals surface area contributed by atoms with Crippen LogP contribution in [0.2, 0.25) is 0 Å². The Morgan fingerprint density at radius 1 is 0.970 bits per heavy atom. The third kappa shape index (κ3) is 10.6. The van der Waals surface area contributed by atoms with Crippen LogP contribution in [0.3, 0.4) is 0 Å². The molecule has 0 spiro atoms. The van der Waals surface area contributed by atoms with Gasteiger partial charge >= 0.3 is 0 Å². The lowest BCUT2D eigenvalue weighted by atomic mass is 10.1. The molecular formula is C24H41IN6O2. The minimum atomic E-state index is 0. The zero-order chi connectivity index (χ0) is 22.6. The molecule has 2 aliphatic heterocycles. The van der Waals surface area contributed by atoms with Crippen molar-refractivity contribution in [3.63, 3.8) is 0 Å². The first-order valence-electron chi connectivity index (χ1n) is 11.9. The highest BCUT2D eigenvalue weighted by molar-refractivity contribution is 14.0. The van der Waals surface area contributed by atoms with Crippen molar-refractivity contribution in [1.29, 1.82) is 0 Å². The van der Waals surface area contributed by atoms with Crippen molar-refractivity contribution in [3.05, 3.63) is 35.4 Å². The highest BCUT2D eigenvalue weighted by atomic mass is 127. The molecule has 1 aromatic rings. The largest absolute Gasteiger partial charge is 0.379 e. The van der Waals surface area contributed by atoms with Gasteiger partial charge in [-0.3, -0.25) is 14.6 Å². The van der Waals surface area contributed by atoms with E-state index in [-0.39, 0.29) is 36.4 Å². The Morgan fingerprint density at radius 3 is 2.30 bits per heavy atom. The van der Waals surface area contributed by atoms with Gasteiger partial charge in [-0.25, -0.2) is 4.99 Å². The number of likely N-dealkylation sites (N-methyl/N-ethyl adjacent to an activating group) is 1. The number of rotatable bonds is 9. The summed E-state index contributed by atoms with van der Waals surface area (Å²) in [5.74, 6) is 0.695. The van der Waals surface area contributed by atoms with Crippen LogP contribution < -0.4 is 10.6 Å². The summed E-state index contributed by atoms with van der Waals surface area (Å²) in [6.45, 7) is 9.48. The monoisotopic (exact) mass is 572 g/mol. The molecule has 0 aliphatic carbocycles. The second-order valence-electron chi connectivity index (χ2n) is 8.84. The van der Waals surface area contributed by atoms with E-state index >= 15 is 0 Å². The van der Waals surface area contributed by atoms with Gasteiger partial charge in [-0.2, -0.15) is 0 Å². The molecule has 8 nitrogen and oxygen atoms in total. The summed E-state index contributed by atoms with van der Waals surface area (Å²) in [5, 5.41) is 6.55. The molecule has 0 unspecified atom stereocenters. The van der Waals surface area contributed by atoms with Crippen molar-refractivity contribution in [2.45, 2.75) is 32.4 Å². The van der Waals surface area contributed by atoms with Crippen LogP contribution in [-0.2, 0) is 22.6 Å². The Hall–Kier alpha value is -1.43. The minimum absolute atomic E-state index is 0. The van der Waals surface area contributed by atoms with E-state index in [2.05, 4.69) is 44.7 Å². The van der Waals surface area contributed by atoms with Gasteiger partial charge in [-0.15, -0.1) is 24.0 Å². The molecule has 0 atom stereocenters. The summed E-state index contributed by atoms with van der Waals surface area (Å²) in [6.07, 6.45) is 4.00. The number of benzene rings is 1. The molecule has 33 heavy (non-hydrogen) atoms. The molecule has 2 saturated heterocycles. The van der Waals surface area contributed by atoms with Crippen molar-refractivity contribution in [2.24, 2.45) is 4.99 Å². The maximum absolute atomic E-state index is 12.0. The Kier molecular flexibility index (Phi) is 13.0. The summed E-state index contributed by atoms with van der Waals surface area (Å²) in [5.41, 5.74) is 2.53. The lowest BCUT2D eigenvalue weighted by Crippen LogP contribution is -2.46. The number of ether oxygens (including phenoxy) is 1. The zero-order valence-electron chi connectivity index (χ0n) is 20.2. The molecule has 2 fully saturated rings. The summed E-state index contributed by atoms with van der Waals surface area (Å²) in [4.78, 5) is 23.2. The van der Waals surface area contributed by atoms with Gasteiger partial charge in [0.25, 0.3) is 0 Å². The molecular weight excluding hydrogens is 531 g/mol. The lowest BCUT2D eigenvalue weighted by Gasteiger charge is -2.26. The normalized spacial score (nSPS) is 17.8. The molecule has 2 N–H and O–H groups in total. The van der Waals surface area contributed by atoms with Crippen molar-refractivity contribution in [3.8, 4) is 0 Å². The minimum Gasteiger partial charge on any atom is -0.379 e. The van der Waals surface area contributed by atoms with E-state index in [0.717, 1.165) is 45.9 Å². The summed E-state index contributed by atoms with van der Waals surface area (Å²) >= 11 is 0. The van der Waals surface area contributed by atoms with Crippen molar-refractivity contribution < 1.29 is 9.53 Å². The predicted octanol–water partition coefficient (Wildman–Crippen LogP) is 1.75. The third-order valence-electron chi connectivity index (χ3n) is 6.03. The Bertz CT molecular complexity index is 716. The second kappa shape index (κ2) is 15.5. The van der Waals surface area contributed by atoms with Gasteiger partial charge in [0.05, 0.1) is 26.3 Å². The van der Waals surface area contributed by atoms with E-state index < -0.39 is 0 Å². The Labute approximate surface area is 216 Å². The van der Waals surface area contributed by atoms with Crippen LogP contribution in [0, 0.1) is 0 Å². The third-order valence-corrected chi connectivity index (χ3v) is 6.03. The number of amides is 1. The smallest absolute Gasteiger partial charge is 0.241 e. The van der Waals surface area contributed by atoms with Gasteiger partial charge in [0.1, 0.15) is 0 Å². The van der Waals surface area contributed by atoms with E-state index in [1.165, 1.54) is 43.5 Å². The fourth-order valence-electron chi connectivity index (χ4n) is 3.95. The van der Waals surface area contributed by atoms with E-state index in [4.69, 9.17) is 9.73 Å². The molecule has 3 rings (SSSR count). The molecule has 0 bridgehead atoms. The average molecular weight is 573 g/mol. The van der Waals surface area contributed by atoms with Crippen molar-refractivity contribution >= 4 is 35.8 Å². The maximum Gasteiger partial charge on any atom is 0.241 e. The first-order chi connectivity index (χ1) is 15.6. The average Bonchev–Trinajstić information content (AvgIpc) is 2.82. The first-order valence-corrected chi connectivity index (χ1v) is 11.9. The fourth-order valence-corrected chi connectivity index (χ4v) is 3.95. The van der Waals surface area contributed by atoms with Crippen LogP contribution >= 0.6 is 24.0 Å². The Balaban J connectivity index is 0.00000385. The zero-order valence-corrected chi connectivity index (χ0v) is 22.6. The lowest BCUT2D eigenvalue weighted by molar-refractivity contribution is -0.127. The van der Waals surface area contributed by atoms with Gasteiger partial charge in [0.2, 0.25) is 5.91 Å². The quantitative estimate of drug-likeness (QED) is 0.267. The molecule has 186 valence electrons. The van der Waals surface area contributed by atoms with E-state index in [1.807, 2.05) is 0 Å². The highest BCUT2D eigenvalue weighted by Gasteiger charge is 2.12.